The van der Waals surface area contributed by atoms with Gasteiger partial charge in [0.05, 0.1) is 12.8 Å². The van der Waals surface area contributed by atoms with Crippen molar-refractivity contribution < 1.29 is 4.74 Å². The molecule has 1 aromatic heterocycles. The van der Waals surface area contributed by atoms with Gasteiger partial charge in [-0.05, 0) is 25.5 Å². The van der Waals surface area contributed by atoms with Gasteiger partial charge in [0.15, 0.2) is 0 Å². The van der Waals surface area contributed by atoms with Crippen molar-refractivity contribution in [1.29, 1.82) is 0 Å². The third kappa shape index (κ3) is 2.02. The Kier molecular flexibility index (Phi) is 3.11. The van der Waals surface area contributed by atoms with Gasteiger partial charge in [0.2, 0.25) is 0 Å². The molecule has 5 heteroatoms. The predicted molar refractivity (Wildman–Crippen MR) is 72.2 cm³/mol. The number of anilines is 1. The summed E-state index contributed by atoms with van der Waals surface area (Å²) in [7, 11) is 1.67. The van der Waals surface area contributed by atoms with E-state index in [9.17, 15) is 0 Å². The topological polar surface area (TPSA) is 63.9 Å². The fourth-order valence-electron chi connectivity index (χ4n) is 2.03. The van der Waals surface area contributed by atoms with Crippen LogP contribution in [0.5, 0.6) is 5.75 Å². The van der Waals surface area contributed by atoms with E-state index in [1.165, 1.54) is 0 Å². The van der Waals surface area contributed by atoms with Gasteiger partial charge < -0.3 is 10.5 Å². The largest absolute Gasteiger partial charge is 0.496 e. The number of ether oxygens (including phenoxy) is 1. The molecule has 0 spiro atoms. The first-order chi connectivity index (χ1) is 8.04. The van der Waals surface area contributed by atoms with E-state index in [1.807, 2.05) is 26.0 Å². The summed E-state index contributed by atoms with van der Waals surface area (Å²) in [5.74, 6) is 1.36. The summed E-state index contributed by atoms with van der Waals surface area (Å²) in [6, 6.07) is 3.83. The molecule has 2 aromatic rings. The van der Waals surface area contributed by atoms with Gasteiger partial charge in [-0.1, -0.05) is 15.9 Å². The lowest BCUT2D eigenvalue weighted by atomic mass is 10.0. The minimum absolute atomic E-state index is 0.478. The molecule has 4 nitrogen and oxygen atoms in total. The van der Waals surface area contributed by atoms with Crippen molar-refractivity contribution in [2.24, 2.45) is 0 Å². The number of nitrogens with two attached hydrogens (primary N) is 1. The Morgan fingerprint density at radius 1 is 1.35 bits per heavy atom. The van der Waals surface area contributed by atoms with Crippen molar-refractivity contribution in [3.05, 3.63) is 27.7 Å². The average Bonchev–Trinajstić information content (AvgIpc) is 2.64. The Morgan fingerprint density at radius 3 is 2.59 bits per heavy atom. The highest BCUT2D eigenvalue weighted by molar-refractivity contribution is 9.10. The molecule has 1 heterocycles. The number of methoxy groups -OCH3 is 1. The molecule has 0 unspecified atom stereocenters. The Hall–Kier alpha value is -1.49. The number of aryl methyl sites for hydroxylation is 1. The first-order valence-electron chi connectivity index (χ1n) is 5.19. The van der Waals surface area contributed by atoms with Crippen LogP contribution in [0.1, 0.15) is 11.1 Å². The van der Waals surface area contributed by atoms with Crippen LogP contribution in [0.4, 0.5) is 5.82 Å². The fraction of sp³-hybridized carbons (Fsp3) is 0.250. The lowest BCUT2D eigenvalue weighted by molar-refractivity contribution is 0.408. The van der Waals surface area contributed by atoms with E-state index in [4.69, 9.17) is 10.5 Å². The van der Waals surface area contributed by atoms with E-state index in [-0.39, 0.29) is 0 Å². The number of nitrogens with one attached hydrogen (secondary N) is 1. The third-order valence-corrected chi connectivity index (χ3v) is 3.35. The van der Waals surface area contributed by atoms with Crippen LogP contribution in [0.2, 0.25) is 0 Å². The molecule has 0 aliphatic rings. The lowest BCUT2D eigenvalue weighted by Gasteiger charge is -2.14. The van der Waals surface area contributed by atoms with Gasteiger partial charge >= 0.3 is 0 Å². The highest BCUT2D eigenvalue weighted by atomic mass is 79.9. The highest BCUT2D eigenvalue weighted by Gasteiger charge is 2.15. The first-order valence-corrected chi connectivity index (χ1v) is 5.98. The molecule has 0 bridgehead atoms. The van der Waals surface area contributed by atoms with Crippen LogP contribution in [0.15, 0.2) is 16.6 Å². The molecule has 0 saturated heterocycles. The van der Waals surface area contributed by atoms with Gasteiger partial charge in [0, 0.05) is 21.7 Å². The fourth-order valence-corrected chi connectivity index (χ4v) is 2.88. The van der Waals surface area contributed by atoms with Crippen molar-refractivity contribution in [3.8, 4) is 17.0 Å². The smallest absolute Gasteiger partial charge is 0.145 e. The van der Waals surface area contributed by atoms with Gasteiger partial charge in [-0.15, -0.1) is 0 Å². The molecular formula is C12H14BrN3O. The SMILES string of the molecule is COc1c(C)cc(Br)c(-c2cc(N)n[nH]2)c1C. The Balaban J connectivity index is 2.69. The molecule has 1 aromatic carbocycles. The van der Waals surface area contributed by atoms with Gasteiger partial charge in [0.1, 0.15) is 11.6 Å². The number of rotatable bonds is 2. The number of H-pyrrole nitrogens is 1. The van der Waals surface area contributed by atoms with Crippen molar-refractivity contribution in [2.45, 2.75) is 13.8 Å². The van der Waals surface area contributed by atoms with Gasteiger partial charge in [-0.25, -0.2) is 0 Å². The van der Waals surface area contributed by atoms with E-state index in [2.05, 4.69) is 26.1 Å². The summed E-state index contributed by atoms with van der Waals surface area (Å²) in [4.78, 5) is 0. The zero-order chi connectivity index (χ0) is 12.6. The number of nitrogen functional groups attached to an aromatic ring is 1. The first kappa shape index (κ1) is 12.0. The summed E-state index contributed by atoms with van der Waals surface area (Å²) >= 11 is 3.56. The molecule has 0 radical (unpaired) electrons. The monoisotopic (exact) mass is 295 g/mol. The molecule has 3 N–H and O–H groups in total. The van der Waals surface area contributed by atoms with E-state index in [1.54, 1.807) is 7.11 Å². The van der Waals surface area contributed by atoms with E-state index >= 15 is 0 Å². The summed E-state index contributed by atoms with van der Waals surface area (Å²) in [6.45, 7) is 4.03. The lowest BCUT2D eigenvalue weighted by Crippen LogP contribution is -1.95. The second-order valence-electron chi connectivity index (χ2n) is 3.92. The summed E-state index contributed by atoms with van der Waals surface area (Å²) in [5.41, 5.74) is 9.68. The van der Waals surface area contributed by atoms with Crippen molar-refractivity contribution in [2.75, 3.05) is 12.8 Å². The van der Waals surface area contributed by atoms with Crippen LogP contribution in [-0.2, 0) is 0 Å². The Morgan fingerprint density at radius 2 is 2.06 bits per heavy atom. The molecule has 2 rings (SSSR count). The molecular weight excluding hydrogens is 282 g/mol. The number of benzene rings is 1. The summed E-state index contributed by atoms with van der Waals surface area (Å²) < 4.78 is 6.41. The van der Waals surface area contributed by atoms with E-state index in [0.717, 1.165) is 32.6 Å². The van der Waals surface area contributed by atoms with Crippen molar-refractivity contribution in [1.82, 2.24) is 10.2 Å². The molecule has 90 valence electrons. The van der Waals surface area contributed by atoms with Gasteiger partial charge in [-0.2, -0.15) is 5.10 Å². The third-order valence-electron chi connectivity index (χ3n) is 2.73. The van der Waals surface area contributed by atoms with E-state index in [0.29, 0.717) is 5.82 Å². The van der Waals surface area contributed by atoms with Gasteiger partial charge in [0.25, 0.3) is 0 Å². The molecule has 0 fully saturated rings. The van der Waals surface area contributed by atoms with Crippen LogP contribution in [0.25, 0.3) is 11.3 Å². The van der Waals surface area contributed by atoms with Crippen molar-refractivity contribution in [3.63, 3.8) is 0 Å². The maximum Gasteiger partial charge on any atom is 0.145 e. The Bertz CT molecular complexity index is 563. The summed E-state index contributed by atoms with van der Waals surface area (Å²) in [5, 5.41) is 6.86. The van der Waals surface area contributed by atoms with Gasteiger partial charge in [-0.3, -0.25) is 5.10 Å². The van der Waals surface area contributed by atoms with Crippen LogP contribution in [-0.4, -0.2) is 17.3 Å². The number of aromatic nitrogens is 2. The average molecular weight is 296 g/mol. The van der Waals surface area contributed by atoms with Crippen LogP contribution in [0, 0.1) is 13.8 Å². The number of nitrogens with zero attached hydrogens (tertiary/aromatic N) is 1. The zero-order valence-electron chi connectivity index (χ0n) is 9.97. The predicted octanol–water partition coefficient (Wildman–Crippen LogP) is 3.05. The molecule has 0 aliphatic heterocycles. The molecule has 17 heavy (non-hydrogen) atoms. The minimum atomic E-state index is 0.478. The van der Waals surface area contributed by atoms with E-state index < -0.39 is 0 Å². The normalized spacial score (nSPS) is 10.6. The number of hydrogen-bond donors (Lipinski definition) is 2. The maximum absolute atomic E-state index is 5.63. The second-order valence-corrected chi connectivity index (χ2v) is 4.77. The highest BCUT2D eigenvalue weighted by Crippen LogP contribution is 2.38. The molecule has 0 atom stereocenters. The number of aromatic amines is 1. The van der Waals surface area contributed by atoms with Crippen LogP contribution >= 0.6 is 15.9 Å². The zero-order valence-corrected chi connectivity index (χ0v) is 11.6. The summed E-state index contributed by atoms with van der Waals surface area (Å²) in [6.07, 6.45) is 0. The van der Waals surface area contributed by atoms with Crippen LogP contribution < -0.4 is 10.5 Å². The quantitative estimate of drug-likeness (QED) is 0.895. The number of halogens is 1. The molecule has 0 aliphatic carbocycles. The molecule has 0 amide bonds. The maximum atomic E-state index is 5.63. The number of hydrogen-bond acceptors (Lipinski definition) is 3. The Labute approximate surface area is 108 Å². The molecule has 0 saturated carbocycles. The minimum Gasteiger partial charge on any atom is -0.496 e. The van der Waals surface area contributed by atoms with Crippen LogP contribution in [0.3, 0.4) is 0 Å². The standard InChI is InChI=1S/C12H14BrN3O/c1-6-4-8(13)11(7(2)12(6)17-3)9-5-10(14)16-15-9/h4-5H,1-3H3,(H3,14,15,16). The van der Waals surface area contributed by atoms with Crippen molar-refractivity contribution >= 4 is 21.7 Å². The second kappa shape index (κ2) is 4.41.